The second-order valence-electron chi connectivity index (χ2n) is 6.96. The van der Waals surface area contributed by atoms with Gasteiger partial charge >= 0.3 is 0 Å². The van der Waals surface area contributed by atoms with E-state index in [1.54, 1.807) is 42.9 Å². The van der Waals surface area contributed by atoms with Crippen LogP contribution in [-0.2, 0) is 4.79 Å². The summed E-state index contributed by atoms with van der Waals surface area (Å²) in [5.74, 6) is 0.211. The Hall–Kier alpha value is -4.20. The van der Waals surface area contributed by atoms with Crippen molar-refractivity contribution >= 4 is 22.6 Å². The first kappa shape index (κ1) is 20.1. The largest absolute Gasteiger partial charge is 0.481 e. The van der Waals surface area contributed by atoms with Crippen molar-refractivity contribution < 1.29 is 14.3 Å². The van der Waals surface area contributed by atoms with E-state index in [0.717, 1.165) is 10.8 Å². The molecule has 0 radical (unpaired) electrons. The predicted molar refractivity (Wildman–Crippen MR) is 116 cm³/mol. The highest BCUT2D eigenvalue weighted by Gasteiger charge is 2.19. The first-order chi connectivity index (χ1) is 15.0. The van der Waals surface area contributed by atoms with Gasteiger partial charge in [0.2, 0.25) is 0 Å². The van der Waals surface area contributed by atoms with Gasteiger partial charge in [0.05, 0.1) is 17.5 Å². The molecule has 31 heavy (non-hydrogen) atoms. The molecule has 8 heteroatoms. The molecule has 0 saturated carbocycles. The number of nitrogens with one attached hydrogen (secondary N) is 2. The van der Waals surface area contributed by atoms with Gasteiger partial charge in [-0.25, -0.2) is 9.67 Å². The number of carbonyl (C=O) groups is 2. The van der Waals surface area contributed by atoms with Crippen LogP contribution < -0.4 is 15.6 Å². The molecule has 2 heterocycles. The molecule has 4 aromatic rings. The number of hydrazine groups is 1. The Morgan fingerprint density at radius 1 is 1.00 bits per heavy atom. The molecule has 8 nitrogen and oxygen atoms in total. The van der Waals surface area contributed by atoms with Crippen LogP contribution in [0, 0.1) is 6.92 Å². The number of rotatable bonds is 5. The molecule has 2 amide bonds. The van der Waals surface area contributed by atoms with Crippen LogP contribution in [0.25, 0.3) is 16.6 Å². The fourth-order valence-electron chi connectivity index (χ4n) is 3.13. The molecule has 0 aliphatic carbocycles. The quantitative estimate of drug-likeness (QED) is 0.489. The normalized spacial score (nSPS) is 11.7. The molecule has 2 N–H and O–H groups in total. The molecule has 156 valence electrons. The van der Waals surface area contributed by atoms with E-state index in [1.165, 1.54) is 6.20 Å². The zero-order valence-corrected chi connectivity index (χ0v) is 17.1. The zero-order valence-electron chi connectivity index (χ0n) is 17.1. The number of hydrogen-bond acceptors (Lipinski definition) is 5. The molecule has 4 rings (SSSR count). The third-order valence-corrected chi connectivity index (χ3v) is 4.82. The van der Waals surface area contributed by atoms with Crippen molar-refractivity contribution in [1.29, 1.82) is 0 Å². The molecule has 1 unspecified atom stereocenters. The number of hydrogen-bond donors (Lipinski definition) is 2. The van der Waals surface area contributed by atoms with Crippen LogP contribution in [0.3, 0.4) is 0 Å². The molecule has 2 aromatic heterocycles. The maximum atomic E-state index is 12.5. The van der Waals surface area contributed by atoms with E-state index in [-0.39, 0.29) is 0 Å². The van der Waals surface area contributed by atoms with Crippen molar-refractivity contribution in [1.82, 2.24) is 25.6 Å². The minimum absolute atomic E-state index is 0.328. The van der Waals surface area contributed by atoms with Gasteiger partial charge in [-0.1, -0.05) is 36.4 Å². The average molecular weight is 415 g/mol. The Balaban J connectivity index is 1.36. The van der Waals surface area contributed by atoms with Gasteiger partial charge in [0.25, 0.3) is 11.8 Å². The molecule has 1 atom stereocenters. The molecule has 0 spiro atoms. The summed E-state index contributed by atoms with van der Waals surface area (Å²) in [6.07, 6.45) is 2.27. The van der Waals surface area contributed by atoms with Crippen LogP contribution in [0.15, 0.2) is 73.1 Å². The number of carbonyl (C=O) groups excluding carboxylic acids is 2. The highest BCUT2D eigenvalue weighted by Crippen LogP contribution is 2.21. The smallest absolute Gasteiger partial charge is 0.279 e. The van der Waals surface area contributed by atoms with Crippen molar-refractivity contribution in [3.63, 3.8) is 0 Å². The summed E-state index contributed by atoms with van der Waals surface area (Å²) >= 11 is 0. The molecular weight excluding hydrogens is 394 g/mol. The number of ether oxygens (including phenoxy) is 1. The Morgan fingerprint density at radius 3 is 2.55 bits per heavy atom. The number of aromatic nitrogens is 3. The summed E-state index contributed by atoms with van der Waals surface area (Å²) < 4.78 is 7.28. The summed E-state index contributed by atoms with van der Waals surface area (Å²) in [5.41, 5.74) is 5.74. The van der Waals surface area contributed by atoms with Gasteiger partial charge in [0.15, 0.2) is 11.9 Å². The van der Waals surface area contributed by atoms with E-state index in [2.05, 4.69) is 20.9 Å². The van der Waals surface area contributed by atoms with Gasteiger partial charge in [-0.15, -0.1) is 0 Å². The Morgan fingerprint density at radius 2 is 1.77 bits per heavy atom. The van der Waals surface area contributed by atoms with E-state index >= 15 is 0 Å². The first-order valence-corrected chi connectivity index (χ1v) is 9.74. The number of nitrogens with zero attached hydrogens (tertiary/aromatic N) is 3. The van der Waals surface area contributed by atoms with E-state index in [0.29, 0.717) is 22.8 Å². The topological polar surface area (TPSA) is 98.1 Å². The highest BCUT2D eigenvalue weighted by molar-refractivity contribution is 5.96. The van der Waals surface area contributed by atoms with Crippen LogP contribution in [0.5, 0.6) is 5.75 Å². The number of amides is 2. The Labute approximate surface area is 178 Å². The monoisotopic (exact) mass is 415 g/mol. The third kappa shape index (κ3) is 4.37. The summed E-state index contributed by atoms with van der Waals surface area (Å²) in [5, 5.41) is 6.31. The molecule has 2 aromatic carbocycles. The summed E-state index contributed by atoms with van der Waals surface area (Å²) in [7, 11) is 0. The summed E-state index contributed by atoms with van der Waals surface area (Å²) in [4.78, 5) is 29.1. The lowest BCUT2D eigenvalue weighted by atomic mass is 10.1. The molecule has 0 aliphatic rings. The van der Waals surface area contributed by atoms with Crippen molar-refractivity contribution in [3.8, 4) is 11.6 Å². The lowest BCUT2D eigenvalue weighted by molar-refractivity contribution is -0.128. The van der Waals surface area contributed by atoms with E-state index in [4.69, 9.17) is 4.74 Å². The van der Waals surface area contributed by atoms with Crippen LogP contribution in [0.2, 0.25) is 0 Å². The summed E-state index contributed by atoms with van der Waals surface area (Å²) in [6, 6.07) is 18.9. The maximum Gasteiger partial charge on any atom is 0.279 e. The number of fused-ring (bicyclic) bond motifs is 1. The number of benzene rings is 2. The van der Waals surface area contributed by atoms with E-state index in [1.807, 2.05) is 42.5 Å². The Bertz CT molecular complexity index is 1240. The first-order valence-electron chi connectivity index (χ1n) is 9.74. The van der Waals surface area contributed by atoms with Crippen LogP contribution in [0.4, 0.5) is 0 Å². The van der Waals surface area contributed by atoms with E-state index in [9.17, 15) is 9.59 Å². The minimum Gasteiger partial charge on any atom is -0.481 e. The van der Waals surface area contributed by atoms with Crippen LogP contribution in [0.1, 0.15) is 23.0 Å². The molecule has 0 bridgehead atoms. The fourth-order valence-corrected chi connectivity index (χ4v) is 3.13. The van der Waals surface area contributed by atoms with Crippen LogP contribution in [-0.4, -0.2) is 32.7 Å². The molecule has 0 aliphatic heterocycles. The van der Waals surface area contributed by atoms with E-state index < -0.39 is 17.9 Å². The average Bonchev–Trinajstić information content (AvgIpc) is 3.19. The highest BCUT2D eigenvalue weighted by atomic mass is 16.5. The minimum atomic E-state index is -0.807. The SMILES string of the molecule is Cc1c(C(=O)NNC(=O)C(C)Oc2ccc3ccccc3c2)cnn1-c1ccccn1. The van der Waals surface area contributed by atoms with Crippen molar-refractivity contribution in [2.75, 3.05) is 0 Å². The predicted octanol–water partition coefficient (Wildman–Crippen LogP) is 2.96. The second kappa shape index (κ2) is 8.66. The van der Waals surface area contributed by atoms with Gasteiger partial charge in [0.1, 0.15) is 5.75 Å². The van der Waals surface area contributed by atoms with Gasteiger partial charge < -0.3 is 4.74 Å². The van der Waals surface area contributed by atoms with Gasteiger partial charge in [-0.2, -0.15) is 5.10 Å². The fraction of sp³-hybridized carbons (Fsp3) is 0.130. The number of pyridine rings is 1. The van der Waals surface area contributed by atoms with Gasteiger partial charge in [0, 0.05) is 6.20 Å². The molecular formula is C23H21N5O3. The van der Waals surface area contributed by atoms with Crippen molar-refractivity contribution in [2.24, 2.45) is 0 Å². The second-order valence-corrected chi connectivity index (χ2v) is 6.96. The van der Waals surface area contributed by atoms with Crippen molar-refractivity contribution in [3.05, 3.63) is 84.3 Å². The maximum absolute atomic E-state index is 12.5. The van der Waals surface area contributed by atoms with Gasteiger partial charge in [-0.3, -0.25) is 20.4 Å². The lowest BCUT2D eigenvalue weighted by Crippen LogP contribution is -2.47. The lowest BCUT2D eigenvalue weighted by Gasteiger charge is -2.15. The zero-order chi connectivity index (χ0) is 21.8. The molecule has 0 saturated heterocycles. The van der Waals surface area contributed by atoms with Gasteiger partial charge in [-0.05, 0) is 48.9 Å². The standard InChI is InChI=1S/C23H21N5O3/c1-15-20(14-25-28(15)21-9-5-6-12-24-21)23(30)27-26-22(29)16(2)31-19-11-10-17-7-3-4-8-18(17)13-19/h3-14,16H,1-2H3,(H,26,29)(H,27,30). The Kier molecular flexibility index (Phi) is 5.61. The molecule has 0 fully saturated rings. The van der Waals surface area contributed by atoms with Crippen LogP contribution >= 0.6 is 0 Å². The summed E-state index contributed by atoms with van der Waals surface area (Å²) in [6.45, 7) is 3.37. The van der Waals surface area contributed by atoms with Crippen molar-refractivity contribution in [2.45, 2.75) is 20.0 Å². The third-order valence-electron chi connectivity index (χ3n) is 4.82.